The largest absolute Gasteiger partial charge is 0.482 e. The number of nitrogens with zero attached hydrogens (tertiary/aromatic N) is 1. The lowest BCUT2D eigenvalue weighted by Crippen LogP contribution is -2.43. The van der Waals surface area contributed by atoms with Crippen LogP contribution in [-0.2, 0) is 9.59 Å². The third-order valence-electron chi connectivity index (χ3n) is 4.61. The number of hydrogen-bond acceptors (Lipinski definition) is 5. The topological polar surface area (TPSA) is 103 Å². The molecule has 8 heteroatoms. The second kappa shape index (κ2) is 7.37. The van der Waals surface area contributed by atoms with Crippen molar-refractivity contribution in [1.82, 2.24) is 4.90 Å². The van der Waals surface area contributed by atoms with E-state index in [1.807, 2.05) is 0 Å². The van der Waals surface area contributed by atoms with E-state index in [9.17, 15) is 14.4 Å². The molecular formula is C18H19ClN2O5. The Hall–Kier alpha value is -2.54. The Morgan fingerprint density at radius 1 is 1.31 bits per heavy atom. The molecule has 2 heterocycles. The van der Waals surface area contributed by atoms with Gasteiger partial charge in [-0.25, -0.2) is 4.79 Å². The number of carbonyl (C=O) groups is 2. The fourth-order valence-corrected chi connectivity index (χ4v) is 3.29. The van der Waals surface area contributed by atoms with Crippen LogP contribution < -0.4 is 16.1 Å². The highest BCUT2D eigenvalue weighted by molar-refractivity contribution is 6.32. The molecule has 2 N–H and O–H groups in total. The van der Waals surface area contributed by atoms with E-state index in [1.54, 1.807) is 17.9 Å². The molecule has 1 aliphatic heterocycles. The number of amides is 2. The normalized spacial score (nSPS) is 15.2. The molecular weight excluding hydrogens is 360 g/mol. The second-order valence-electron chi connectivity index (χ2n) is 6.37. The zero-order valence-corrected chi connectivity index (χ0v) is 15.0. The molecule has 0 atom stereocenters. The van der Waals surface area contributed by atoms with E-state index < -0.39 is 5.63 Å². The van der Waals surface area contributed by atoms with E-state index in [-0.39, 0.29) is 30.1 Å². The number of likely N-dealkylation sites (tertiary alicyclic amines) is 1. The van der Waals surface area contributed by atoms with Crippen molar-refractivity contribution in [2.24, 2.45) is 11.7 Å². The first kappa shape index (κ1) is 18.3. The van der Waals surface area contributed by atoms with E-state index in [0.717, 1.165) is 5.56 Å². The van der Waals surface area contributed by atoms with E-state index in [2.05, 4.69) is 0 Å². The molecule has 1 saturated heterocycles. The summed E-state index contributed by atoms with van der Waals surface area (Å²) in [5.41, 5.74) is 5.93. The first-order valence-corrected chi connectivity index (χ1v) is 8.67. The van der Waals surface area contributed by atoms with Crippen LogP contribution in [0.1, 0.15) is 18.4 Å². The highest BCUT2D eigenvalue weighted by atomic mass is 35.5. The fraction of sp³-hybridized carbons (Fsp3) is 0.389. The zero-order chi connectivity index (χ0) is 18.8. The molecule has 3 rings (SSSR count). The number of piperidine rings is 1. The summed E-state index contributed by atoms with van der Waals surface area (Å²) in [6.07, 6.45) is 1.12. The van der Waals surface area contributed by atoms with Crippen LogP contribution in [0, 0.1) is 12.8 Å². The fourth-order valence-electron chi connectivity index (χ4n) is 3.07. The van der Waals surface area contributed by atoms with Crippen molar-refractivity contribution in [1.29, 1.82) is 0 Å². The molecule has 0 saturated carbocycles. The Labute approximate surface area is 154 Å². The summed E-state index contributed by atoms with van der Waals surface area (Å²) in [5.74, 6) is -0.433. The minimum atomic E-state index is -0.461. The lowest BCUT2D eigenvalue weighted by Gasteiger charge is -2.30. The summed E-state index contributed by atoms with van der Waals surface area (Å²) >= 11 is 6.22. The number of rotatable bonds is 4. The molecule has 26 heavy (non-hydrogen) atoms. The first-order chi connectivity index (χ1) is 12.3. The zero-order valence-electron chi connectivity index (χ0n) is 14.3. The van der Waals surface area contributed by atoms with Crippen molar-refractivity contribution in [2.75, 3.05) is 19.7 Å². The van der Waals surface area contributed by atoms with Gasteiger partial charge in [0.2, 0.25) is 5.91 Å². The minimum absolute atomic E-state index is 0.180. The summed E-state index contributed by atoms with van der Waals surface area (Å²) in [6, 6.07) is 4.55. The predicted octanol–water partition coefficient (Wildman–Crippen LogP) is 1.86. The van der Waals surface area contributed by atoms with Crippen molar-refractivity contribution in [3.8, 4) is 5.75 Å². The van der Waals surface area contributed by atoms with Gasteiger partial charge in [0.25, 0.3) is 5.91 Å². The molecule has 0 radical (unpaired) electrons. The van der Waals surface area contributed by atoms with Crippen LogP contribution in [0.25, 0.3) is 11.0 Å². The van der Waals surface area contributed by atoms with Gasteiger partial charge in [-0.1, -0.05) is 11.6 Å². The maximum atomic E-state index is 12.3. The summed E-state index contributed by atoms with van der Waals surface area (Å²) < 4.78 is 10.7. The third-order valence-corrected chi connectivity index (χ3v) is 4.90. The van der Waals surface area contributed by atoms with Crippen molar-refractivity contribution in [2.45, 2.75) is 19.8 Å². The average molecular weight is 379 g/mol. The van der Waals surface area contributed by atoms with E-state index in [1.165, 1.54) is 12.1 Å². The van der Waals surface area contributed by atoms with Crippen LogP contribution in [0.2, 0.25) is 5.02 Å². The molecule has 0 aliphatic carbocycles. The van der Waals surface area contributed by atoms with E-state index in [0.29, 0.717) is 41.9 Å². The number of halogens is 1. The number of aryl methyl sites for hydroxylation is 1. The molecule has 2 aromatic rings. The Morgan fingerprint density at radius 2 is 2.00 bits per heavy atom. The third kappa shape index (κ3) is 3.83. The lowest BCUT2D eigenvalue weighted by molar-refractivity contribution is -0.136. The van der Waals surface area contributed by atoms with Gasteiger partial charge in [0.1, 0.15) is 11.3 Å². The summed E-state index contributed by atoms with van der Waals surface area (Å²) in [7, 11) is 0. The monoisotopic (exact) mass is 378 g/mol. The number of nitrogens with two attached hydrogens (primary N) is 1. The smallest absolute Gasteiger partial charge is 0.336 e. The highest BCUT2D eigenvalue weighted by Gasteiger charge is 2.26. The molecule has 2 amide bonds. The highest BCUT2D eigenvalue weighted by Crippen LogP contribution is 2.31. The molecule has 0 bridgehead atoms. The average Bonchev–Trinajstić information content (AvgIpc) is 2.60. The number of carbonyl (C=O) groups excluding carboxylic acids is 2. The summed E-state index contributed by atoms with van der Waals surface area (Å²) in [5, 5.41) is 1.04. The number of hydrogen-bond donors (Lipinski definition) is 1. The molecule has 0 unspecified atom stereocenters. The SMILES string of the molecule is Cc1cc(=O)oc2cc(OCC(=O)N3CCC(C(N)=O)CC3)c(Cl)cc12. The van der Waals surface area contributed by atoms with E-state index in [4.69, 9.17) is 26.5 Å². The number of ether oxygens (including phenoxy) is 1. The van der Waals surface area contributed by atoms with Crippen LogP contribution >= 0.6 is 11.6 Å². The van der Waals surface area contributed by atoms with Crippen LogP contribution in [0.5, 0.6) is 5.75 Å². The maximum absolute atomic E-state index is 12.3. The minimum Gasteiger partial charge on any atom is -0.482 e. The molecule has 1 fully saturated rings. The van der Waals surface area contributed by atoms with Crippen LogP contribution in [-0.4, -0.2) is 36.4 Å². The molecule has 138 valence electrons. The molecule has 0 spiro atoms. The summed E-state index contributed by atoms with van der Waals surface area (Å²) in [6.45, 7) is 2.53. The Kier molecular flexibility index (Phi) is 5.18. The predicted molar refractivity (Wildman–Crippen MR) is 96.2 cm³/mol. The number of benzene rings is 1. The van der Waals surface area contributed by atoms with Crippen LogP contribution in [0.4, 0.5) is 0 Å². The van der Waals surface area contributed by atoms with Gasteiger partial charge in [-0.05, 0) is 31.4 Å². The van der Waals surface area contributed by atoms with Crippen molar-refractivity contribution < 1.29 is 18.7 Å². The number of primary amides is 1. The van der Waals surface area contributed by atoms with Gasteiger partial charge in [-0.15, -0.1) is 0 Å². The Balaban J connectivity index is 1.68. The van der Waals surface area contributed by atoms with Crippen LogP contribution in [0.15, 0.2) is 27.4 Å². The van der Waals surface area contributed by atoms with Gasteiger partial charge in [0.15, 0.2) is 6.61 Å². The lowest BCUT2D eigenvalue weighted by atomic mass is 9.96. The van der Waals surface area contributed by atoms with Crippen LogP contribution in [0.3, 0.4) is 0 Å². The Bertz CT molecular complexity index is 916. The van der Waals surface area contributed by atoms with Gasteiger partial charge < -0.3 is 19.8 Å². The molecule has 1 aromatic carbocycles. The summed E-state index contributed by atoms with van der Waals surface area (Å²) in [4.78, 5) is 36.6. The number of fused-ring (bicyclic) bond motifs is 1. The standard InChI is InChI=1S/C18H19ClN2O5/c1-10-6-17(23)26-14-8-15(13(19)7-12(10)14)25-9-16(22)21-4-2-11(3-5-21)18(20)24/h6-8,11H,2-5,9H2,1H3,(H2,20,24). The van der Waals surface area contributed by atoms with Crippen molar-refractivity contribution >= 4 is 34.4 Å². The van der Waals surface area contributed by atoms with Gasteiger partial charge >= 0.3 is 5.63 Å². The molecule has 1 aromatic heterocycles. The molecule has 1 aliphatic rings. The van der Waals surface area contributed by atoms with E-state index >= 15 is 0 Å². The van der Waals surface area contributed by atoms with Crippen molar-refractivity contribution in [3.05, 3.63) is 39.2 Å². The molecule has 7 nitrogen and oxygen atoms in total. The quantitative estimate of drug-likeness (QED) is 0.818. The van der Waals surface area contributed by atoms with Gasteiger partial charge in [-0.2, -0.15) is 0 Å². The first-order valence-electron chi connectivity index (χ1n) is 8.29. The second-order valence-corrected chi connectivity index (χ2v) is 6.78. The van der Waals surface area contributed by atoms with Crippen molar-refractivity contribution in [3.63, 3.8) is 0 Å². The maximum Gasteiger partial charge on any atom is 0.336 e. The van der Waals surface area contributed by atoms with Gasteiger partial charge in [0, 0.05) is 36.5 Å². The van der Waals surface area contributed by atoms with Gasteiger partial charge in [-0.3, -0.25) is 9.59 Å². The van der Waals surface area contributed by atoms with Gasteiger partial charge in [0.05, 0.1) is 5.02 Å². The Morgan fingerprint density at radius 3 is 2.65 bits per heavy atom.